The first-order valence-corrected chi connectivity index (χ1v) is 15.5. The molecule has 4 aromatic carbocycles. The van der Waals surface area contributed by atoms with Gasteiger partial charge in [0.15, 0.2) is 0 Å². The van der Waals surface area contributed by atoms with E-state index >= 15 is 0 Å². The van der Waals surface area contributed by atoms with Crippen LogP contribution in [0.2, 0.25) is 0 Å². The van der Waals surface area contributed by atoms with Crippen LogP contribution >= 0.6 is 0 Å². The molecule has 1 aliphatic carbocycles. The summed E-state index contributed by atoms with van der Waals surface area (Å²) in [5.41, 5.74) is 4.37. The largest absolute Gasteiger partial charge is 0.506 e. The SMILES string of the molecule is CCOCC1N=c2ccc(=C3C(=O)C(c4ccc5c6c(cccc46)NC(C)C(C)N5)=C3O)c3cccc(c23)NC1COCC. The number of carbonyl (C=O) groups is 1. The van der Waals surface area contributed by atoms with Gasteiger partial charge >= 0.3 is 0 Å². The molecular weight excluding hydrogens is 552 g/mol. The summed E-state index contributed by atoms with van der Waals surface area (Å²) in [6.07, 6.45) is 0. The van der Waals surface area contributed by atoms with Gasteiger partial charge in [-0.1, -0.05) is 36.4 Å². The Balaban J connectivity index is 1.39. The minimum absolute atomic E-state index is 0.0228. The van der Waals surface area contributed by atoms with Crippen molar-refractivity contribution in [3.05, 3.63) is 82.6 Å². The lowest BCUT2D eigenvalue weighted by Gasteiger charge is -2.25. The van der Waals surface area contributed by atoms with Crippen molar-refractivity contribution >= 4 is 55.5 Å². The predicted octanol–water partition coefficient (Wildman–Crippen LogP) is 5.17. The molecule has 3 aliphatic rings. The van der Waals surface area contributed by atoms with Crippen LogP contribution in [-0.4, -0.2) is 61.5 Å². The maximum atomic E-state index is 14.0. The first kappa shape index (κ1) is 28.4. The van der Waals surface area contributed by atoms with Crippen LogP contribution in [0.3, 0.4) is 0 Å². The fraction of sp³-hybridized carbons (Fsp3) is 0.333. The number of benzene rings is 4. The molecule has 0 fully saturated rings. The predicted molar refractivity (Wildman–Crippen MR) is 177 cm³/mol. The molecule has 4 atom stereocenters. The minimum Gasteiger partial charge on any atom is -0.506 e. The Bertz CT molecular complexity index is 1950. The fourth-order valence-electron chi connectivity index (χ4n) is 6.70. The number of ether oxygens (including phenoxy) is 2. The number of nitrogens with one attached hydrogen (secondary N) is 3. The number of hydrogen-bond acceptors (Lipinski definition) is 8. The smallest absolute Gasteiger partial charge is 0.201 e. The average molecular weight is 591 g/mol. The zero-order chi connectivity index (χ0) is 30.5. The number of hydrogen-bond donors (Lipinski definition) is 4. The molecule has 226 valence electrons. The molecular formula is C36H38N4O4. The van der Waals surface area contributed by atoms with Crippen LogP contribution in [0.25, 0.3) is 32.7 Å². The summed E-state index contributed by atoms with van der Waals surface area (Å²) in [5.74, 6) is -0.142. The van der Waals surface area contributed by atoms with E-state index in [0.29, 0.717) is 42.8 Å². The van der Waals surface area contributed by atoms with Crippen molar-refractivity contribution < 1.29 is 19.4 Å². The minimum atomic E-state index is -0.165. The third-order valence-corrected chi connectivity index (χ3v) is 9.15. The number of carbonyl (C=O) groups excluding carboxylic acids is 1. The topological polar surface area (TPSA) is 104 Å². The Morgan fingerprint density at radius 1 is 0.750 bits per heavy atom. The zero-order valence-corrected chi connectivity index (χ0v) is 25.5. The Labute approximate surface area is 256 Å². The van der Waals surface area contributed by atoms with Crippen molar-refractivity contribution in [2.75, 3.05) is 42.4 Å². The number of rotatable bonds is 7. The summed E-state index contributed by atoms with van der Waals surface area (Å²) >= 11 is 0. The molecule has 0 saturated heterocycles. The molecule has 0 bridgehead atoms. The number of aliphatic hydroxyl groups excluding tert-OH is 1. The Hall–Kier alpha value is -4.40. The number of aliphatic hydroxyl groups is 1. The van der Waals surface area contributed by atoms with Gasteiger partial charge in [-0.3, -0.25) is 9.79 Å². The quantitative estimate of drug-likeness (QED) is 0.236. The van der Waals surface area contributed by atoms with E-state index in [1.807, 2.05) is 68.4 Å². The Morgan fingerprint density at radius 3 is 2.11 bits per heavy atom. The van der Waals surface area contributed by atoms with Crippen LogP contribution in [0, 0.1) is 0 Å². The van der Waals surface area contributed by atoms with Gasteiger partial charge in [-0.05, 0) is 73.5 Å². The average Bonchev–Trinajstić information content (AvgIpc) is 3.26. The van der Waals surface area contributed by atoms with Crippen molar-refractivity contribution in [2.24, 2.45) is 4.99 Å². The summed E-state index contributed by atoms with van der Waals surface area (Å²) in [4.78, 5) is 19.1. The van der Waals surface area contributed by atoms with Crippen LogP contribution in [-0.2, 0) is 14.3 Å². The molecule has 8 heteroatoms. The van der Waals surface area contributed by atoms with Gasteiger partial charge in [0.1, 0.15) is 5.76 Å². The highest BCUT2D eigenvalue weighted by Crippen LogP contribution is 2.44. The van der Waals surface area contributed by atoms with E-state index in [2.05, 4.69) is 35.9 Å². The highest BCUT2D eigenvalue weighted by molar-refractivity contribution is 6.53. The molecule has 2 heterocycles. The Kier molecular flexibility index (Phi) is 7.26. The van der Waals surface area contributed by atoms with Crippen molar-refractivity contribution in [1.29, 1.82) is 0 Å². The molecule has 0 amide bonds. The lowest BCUT2D eigenvalue weighted by Crippen LogP contribution is -2.39. The molecule has 0 aromatic heterocycles. The molecule has 0 radical (unpaired) electrons. The number of ketones is 1. The van der Waals surface area contributed by atoms with E-state index in [1.165, 1.54) is 0 Å². The number of allylic oxidation sites excluding steroid dienone is 2. The molecule has 0 spiro atoms. The molecule has 2 aliphatic heterocycles. The summed E-state index contributed by atoms with van der Waals surface area (Å²) in [6.45, 7) is 10.4. The Morgan fingerprint density at radius 2 is 1.41 bits per heavy atom. The van der Waals surface area contributed by atoms with Crippen LogP contribution in [0.1, 0.15) is 33.3 Å². The van der Waals surface area contributed by atoms with Crippen LogP contribution in [0.15, 0.2) is 71.4 Å². The van der Waals surface area contributed by atoms with Crippen LogP contribution in [0.5, 0.6) is 0 Å². The normalized spacial score (nSPS) is 23.7. The van der Waals surface area contributed by atoms with Gasteiger partial charge in [-0.15, -0.1) is 0 Å². The molecule has 4 aromatic rings. The third kappa shape index (κ3) is 4.52. The third-order valence-electron chi connectivity index (χ3n) is 9.15. The number of Topliss-reactive ketones (excluding diaryl/α,β-unsaturated/α-hetero) is 1. The fourth-order valence-corrected chi connectivity index (χ4v) is 6.70. The van der Waals surface area contributed by atoms with Gasteiger partial charge in [0.25, 0.3) is 0 Å². The number of anilines is 3. The second-order valence-corrected chi connectivity index (χ2v) is 11.8. The van der Waals surface area contributed by atoms with Crippen LogP contribution in [0.4, 0.5) is 17.1 Å². The first-order valence-electron chi connectivity index (χ1n) is 15.5. The summed E-state index contributed by atoms with van der Waals surface area (Å²) in [7, 11) is 0. The molecule has 4 N–H and O–H groups in total. The van der Waals surface area contributed by atoms with E-state index in [1.54, 1.807) is 0 Å². The van der Waals surface area contributed by atoms with Gasteiger partial charge < -0.3 is 30.5 Å². The number of nitrogens with zero attached hydrogens (tertiary/aromatic N) is 1. The second-order valence-electron chi connectivity index (χ2n) is 11.8. The summed E-state index contributed by atoms with van der Waals surface area (Å²) < 4.78 is 11.6. The van der Waals surface area contributed by atoms with Gasteiger partial charge in [0.2, 0.25) is 5.78 Å². The zero-order valence-electron chi connectivity index (χ0n) is 25.5. The van der Waals surface area contributed by atoms with E-state index in [0.717, 1.165) is 49.5 Å². The second kappa shape index (κ2) is 11.3. The van der Waals surface area contributed by atoms with E-state index < -0.39 is 0 Å². The molecule has 4 unspecified atom stereocenters. The standard InChI is InChI=1S/C36H38N4O4/c1-5-43-17-29-30(18-44-6-2)40-28-16-14-24(22-10-8-12-26(39-29)32(22)28)34-35(41)33(36(34)42)23-13-15-27-31-21(23)9-7-11-25(31)37-19(3)20(4)38-27/h7-16,19-20,29-30,37-39,41H,5-6,17-18H2,1-4H3. The van der Waals surface area contributed by atoms with Gasteiger partial charge in [0, 0.05) is 53.1 Å². The molecule has 0 saturated carbocycles. The van der Waals surface area contributed by atoms with E-state index in [-0.39, 0.29) is 35.7 Å². The van der Waals surface area contributed by atoms with E-state index in [9.17, 15) is 9.90 Å². The van der Waals surface area contributed by atoms with Crippen molar-refractivity contribution in [3.63, 3.8) is 0 Å². The highest BCUT2D eigenvalue weighted by atomic mass is 16.5. The lowest BCUT2D eigenvalue weighted by molar-refractivity contribution is -0.109. The van der Waals surface area contributed by atoms with Crippen molar-refractivity contribution in [1.82, 2.24) is 0 Å². The maximum absolute atomic E-state index is 14.0. The van der Waals surface area contributed by atoms with Crippen molar-refractivity contribution in [2.45, 2.75) is 51.9 Å². The maximum Gasteiger partial charge on any atom is 0.201 e. The van der Waals surface area contributed by atoms with Gasteiger partial charge in [0.05, 0.1) is 41.8 Å². The first-order chi connectivity index (χ1) is 21.4. The highest BCUT2D eigenvalue weighted by Gasteiger charge is 2.37. The lowest BCUT2D eigenvalue weighted by atomic mass is 9.79. The van der Waals surface area contributed by atoms with Crippen molar-refractivity contribution in [3.8, 4) is 0 Å². The van der Waals surface area contributed by atoms with Crippen LogP contribution < -0.4 is 26.5 Å². The molecule has 44 heavy (non-hydrogen) atoms. The monoisotopic (exact) mass is 590 g/mol. The molecule has 8 nitrogen and oxygen atoms in total. The summed E-state index contributed by atoms with van der Waals surface area (Å²) in [5, 5.41) is 27.7. The summed E-state index contributed by atoms with van der Waals surface area (Å²) in [6, 6.07) is 20.1. The molecule has 7 rings (SSSR count). The van der Waals surface area contributed by atoms with Gasteiger partial charge in [-0.2, -0.15) is 0 Å². The van der Waals surface area contributed by atoms with Gasteiger partial charge in [-0.25, -0.2) is 0 Å². The van der Waals surface area contributed by atoms with E-state index in [4.69, 9.17) is 14.5 Å².